The predicted molar refractivity (Wildman–Crippen MR) is 109 cm³/mol. The fourth-order valence-corrected chi connectivity index (χ4v) is 2.98. The molecule has 2 heterocycles. The molecule has 0 aliphatic rings. The molecule has 166 valence electrons. The Labute approximate surface area is 175 Å². The molecule has 0 radical (unpaired) electrons. The van der Waals surface area contributed by atoms with Crippen molar-refractivity contribution in [3.63, 3.8) is 0 Å². The first kappa shape index (κ1) is 22.6. The summed E-state index contributed by atoms with van der Waals surface area (Å²) in [5, 5.41) is 22.9. The minimum Gasteiger partial charge on any atom is -0.395 e. The number of halogens is 2. The van der Waals surface area contributed by atoms with E-state index in [0.29, 0.717) is 18.7 Å². The Morgan fingerprint density at radius 2 is 1.84 bits per heavy atom. The van der Waals surface area contributed by atoms with E-state index in [1.54, 1.807) is 0 Å². The molecular formula is C19H23F2N7O3. The first-order valence-electron chi connectivity index (χ1n) is 9.71. The van der Waals surface area contributed by atoms with Crippen LogP contribution in [0.4, 0.5) is 8.78 Å². The zero-order valence-electron chi connectivity index (χ0n) is 16.9. The molecule has 0 atom stereocenters. The van der Waals surface area contributed by atoms with Crippen LogP contribution in [0.5, 0.6) is 0 Å². The van der Waals surface area contributed by atoms with Gasteiger partial charge in [0, 0.05) is 13.6 Å². The summed E-state index contributed by atoms with van der Waals surface area (Å²) in [4.78, 5) is 29.4. The third kappa shape index (κ3) is 5.34. The van der Waals surface area contributed by atoms with Gasteiger partial charge in [-0.2, -0.15) is 0 Å². The molecule has 3 aromatic rings. The fourth-order valence-electron chi connectivity index (χ4n) is 2.98. The summed E-state index contributed by atoms with van der Waals surface area (Å²) < 4.78 is 28.8. The van der Waals surface area contributed by atoms with Gasteiger partial charge in [-0.05, 0) is 37.2 Å². The average Bonchev–Trinajstić information content (AvgIpc) is 2.77. The molecule has 0 fully saturated rings. The number of benzene rings is 1. The summed E-state index contributed by atoms with van der Waals surface area (Å²) in [5.41, 5.74) is -1.04. The molecule has 0 aliphatic heterocycles. The van der Waals surface area contributed by atoms with Crippen molar-refractivity contribution in [1.29, 1.82) is 0 Å². The summed E-state index contributed by atoms with van der Waals surface area (Å²) in [7, 11) is 1.31. The molecule has 0 saturated carbocycles. The molecule has 12 heteroatoms. The minimum absolute atomic E-state index is 0.0326. The van der Waals surface area contributed by atoms with Crippen molar-refractivity contribution in [3.05, 3.63) is 62.1 Å². The van der Waals surface area contributed by atoms with Gasteiger partial charge in [0.05, 0.1) is 19.7 Å². The highest BCUT2D eigenvalue weighted by Gasteiger charge is 2.16. The topological polar surface area (TPSA) is 127 Å². The summed E-state index contributed by atoms with van der Waals surface area (Å²) in [6.45, 7) is 2.16. The Morgan fingerprint density at radius 1 is 1.06 bits per heavy atom. The smallest absolute Gasteiger partial charge is 0.332 e. The van der Waals surface area contributed by atoms with Crippen LogP contribution >= 0.6 is 0 Å². The van der Waals surface area contributed by atoms with Crippen LogP contribution in [0, 0.1) is 11.6 Å². The highest BCUT2D eigenvalue weighted by molar-refractivity contribution is 5.68. The van der Waals surface area contributed by atoms with Crippen LogP contribution in [0.15, 0.2) is 27.8 Å². The van der Waals surface area contributed by atoms with E-state index >= 15 is 0 Å². The molecule has 10 nitrogen and oxygen atoms in total. The van der Waals surface area contributed by atoms with Crippen LogP contribution in [-0.4, -0.2) is 55.7 Å². The molecule has 2 aromatic heterocycles. The number of fused-ring (bicyclic) bond motifs is 1. The van der Waals surface area contributed by atoms with Gasteiger partial charge < -0.3 is 15.7 Å². The molecule has 0 amide bonds. The first-order chi connectivity index (χ1) is 14.9. The lowest BCUT2D eigenvalue weighted by atomic mass is 10.2. The largest absolute Gasteiger partial charge is 0.395 e. The minimum atomic E-state index is -1.04. The highest BCUT2D eigenvalue weighted by Crippen LogP contribution is 2.11. The summed E-state index contributed by atoms with van der Waals surface area (Å²) in [5.74, 6) is -1.75. The number of aliphatic hydroxyl groups excluding tert-OH is 1. The first-order valence-corrected chi connectivity index (χ1v) is 9.71. The van der Waals surface area contributed by atoms with Gasteiger partial charge in [-0.15, -0.1) is 10.2 Å². The molecule has 3 N–H and O–H groups in total. The van der Waals surface area contributed by atoms with E-state index in [2.05, 4.69) is 25.8 Å². The lowest BCUT2D eigenvalue weighted by molar-refractivity contribution is 0.292. The van der Waals surface area contributed by atoms with Crippen molar-refractivity contribution in [2.75, 3.05) is 26.2 Å². The third-order valence-electron chi connectivity index (χ3n) is 4.60. The Morgan fingerprint density at radius 3 is 2.58 bits per heavy atom. The van der Waals surface area contributed by atoms with Gasteiger partial charge in [0.1, 0.15) is 0 Å². The Bertz CT molecular complexity index is 1180. The van der Waals surface area contributed by atoms with Gasteiger partial charge in [-0.25, -0.2) is 18.6 Å². The summed E-state index contributed by atoms with van der Waals surface area (Å²) in [6.07, 6.45) is 0.816. The van der Waals surface area contributed by atoms with Gasteiger partial charge in [0.2, 0.25) is 0 Å². The highest BCUT2D eigenvalue weighted by atomic mass is 19.2. The molecule has 31 heavy (non-hydrogen) atoms. The van der Waals surface area contributed by atoms with E-state index in [-0.39, 0.29) is 36.7 Å². The Hall–Kier alpha value is -3.09. The van der Waals surface area contributed by atoms with Crippen LogP contribution < -0.4 is 21.9 Å². The number of hydrogen-bond donors (Lipinski definition) is 3. The third-order valence-corrected chi connectivity index (χ3v) is 4.60. The second-order valence-electron chi connectivity index (χ2n) is 6.89. The number of nitrogens with one attached hydrogen (secondary N) is 2. The van der Waals surface area contributed by atoms with E-state index < -0.39 is 22.9 Å². The van der Waals surface area contributed by atoms with E-state index in [1.807, 2.05) is 0 Å². The van der Waals surface area contributed by atoms with E-state index in [4.69, 9.17) is 5.11 Å². The average molecular weight is 435 g/mol. The lowest BCUT2D eigenvalue weighted by Gasteiger charge is -2.11. The van der Waals surface area contributed by atoms with Crippen LogP contribution in [-0.2, 0) is 20.1 Å². The second kappa shape index (κ2) is 10.3. The van der Waals surface area contributed by atoms with Gasteiger partial charge >= 0.3 is 5.69 Å². The number of aliphatic hydroxyl groups is 1. The van der Waals surface area contributed by atoms with Crippen molar-refractivity contribution >= 4 is 11.2 Å². The normalized spacial score (nSPS) is 11.4. The Balaban J connectivity index is 1.83. The molecular weight excluding hydrogens is 412 g/mol. The number of hydrogen-bond acceptors (Lipinski definition) is 8. The zero-order chi connectivity index (χ0) is 22.4. The SMILES string of the molecule is Cn1c(=O)c2nc(CNCCCNCCO)nnc2n(Cc2ccc(F)c(F)c2)c1=O. The van der Waals surface area contributed by atoms with Gasteiger partial charge in [-0.3, -0.25) is 13.9 Å². The second-order valence-corrected chi connectivity index (χ2v) is 6.89. The molecule has 0 aliphatic carbocycles. The maximum Gasteiger partial charge on any atom is 0.332 e. The molecule has 0 bridgehead atoms. The van der Waals surface area contributed by atoms with Crippen molar-refractivity contribution in [3.8, 4) is 0 Å². The van der Waals surface area contributed by atoms with Crippen LogP contribution in [0.25, 0.3) is 11.2 Å². The van der Waals surface area contributed by atoms with E-state index in [0.717, 1.165) is 34.2 Å². The van der Waals surface area contributed by atoms with Crippen LogP contribution in [0.3, 0.4) is 0 Å². The van der Waals surface area contributed by atoms with Crippen molar-refractivity contribution in [2.45, 2.75) is 19.5 Å². The maximum atomic E-state index is 13.5. The molecule has 0 saturated heterocycles. The number of rotatable bonds is 10. The molecule has 1 aromatic carbocycles. The monoisotopic (exact) mass is 435 g/mol. The predicted octanol–water partition coefficient (Wildman–Crippen LogP) is -0.727. The number of aromatic nitrogens is 5. The van der Waals surface area contributed by atoms with E-state index in [1.165, 1.54) is 13.1 Å². The van der Waals surface area contributed by atoms with Crippen LogP contribution in [0.1, 0.15) is 17.8 Å². The molecule has 3 rings (SSSR count). The zero-order valence-corrected chi connectivity index (χ0v) is 16.9. The van der Waals surface area contributed by atoms with Gasteiger partial charge in [0.15, 0.2) is 28.6 Å². The van der Waals surface area contributed by atoms with Crippen LogP contribution in [0.2, 0.25) is 0 Å². The maximum absolute atomic E-state index is 13.5. The number of nitrogens with zero attached hydrogens (tertiary/aromatic N) is 5. The lowest BCUT2D eigenvalue weighted by Crippen LogP contribution is -2.39. The Kier molecular flexibility index (Phi) is 7.50. The molecule has 0 spiro atoms. The molecule has 0 unspecified atom stereocenters. The quantitative estimate of drug-likeness (QED) is 0.356. The van der Waals surface area contributed by atoms with Gasteiger partial charge in [0.25, 0.3) is 5.56 Å². The van der Waals surface area contributed by atoms with Crippen molar-refractivity contribution in [1.82, 2.24) is 34.9 Å². The summed E-state index contributed by atoms with van der Waals surface area (Å²) >= 11 is 0. The standard InChI is InChI=1S/C19H23F2N7O3/c1-27-18(30)16-17(26-25-15(24-16)10-23-6-2-5-22-7-8-29)28(19(27)31)11-12-3-4-13(20)14(21)9-12/h3-4,9,22-23,29H,2,5-8,10-11H2,1H3. The van der Waals surface area contributed by atoms with Crippen molar-refractivity contribution in [2.24, 2.45) is 7.05 Å². The van der Waals surface area contributed by atoms with Crippen molar-refractivity contribution < 1.29 is 13.9 Å². The summed E-state index contributed by atoms with van der Waals surface area (Å²) in [6, 6.07) is 3.29. The van der Waals surface area contributed by atoms with E-state index in [9.17, 15) is 18.4 Å². The van der Waals surface area contributed by atoms with Gasteiger partial charge in [-0.1, -0.05) is 6.07 Å². The fraction of sp³-hybridized carbons (Fsp3) is 0.421.